The minimum Gasteiger partial charge on any atom is -0.489 e. The van der Waals surface area contributed by atoms with Crippen molar-refractivity contribution in [1.82, 2.24) is 9.63 Å². The Hall–Kier alpha value is -3.07. The Morgan fingerprint density at radius 1 is 1.19 bits per heavy atom. The standard InChI is InChI=1S/C22H31N3O6/c1-7-8-11-31-18-17-12-15(20(26)24(5)30-6)9-10-16(17)21(27)25(13-14(2)3)19(18)23(4)22(28)29/h9-10,12,14H,7-8,11,13H2,1-6H3,(H,28,29). The van der Waals surface area contributed by atoms with E-state index in [0.29, 0.717) is 29.5 Å². The van der Waals surface area contributed by atoms with Crippen LogP contribution in [0.5, 0.6) is 5.75 Å². The molecular weight excluding hydrogens is 402 g/mol. The zero-order chi connectivity index (χ0) is 23.3. The number of nitrogens with zero attached hydrogens (tertiary/aromatic N) is 3. The maximum atomic E-state index is 13.3. The zero-order valence-corrected chi connectivity index (χ0v) is 19.0. The van der Waals surface area contributed by atoms with Gasteiger partial charge in [0.2, 0.25) is 0 Å². The van der Waals surface area contributed by atoms with E-state index in [2.05, 4.69) is 0 Å². The fourth-order valence-corrected chi connectivity index (χ4v) is 3.22. The summed E-state index contributed by atoms with van der Waals surface area (Å²) in [6.07, 6.45) is 0.421. The first-order valence-electron chi connectivity index (χ1n) is 10.3. The molecule has 0 aliphatic carbocycles. The minimum atomic E-state index is -1.22. The van der Waals surface area contributed by atoms with E-state index in [1.165, 1.54) is 25.8 Å². The summed E-state index contributed by atoms with van der Waals surface area (Å²) in [6.45, 7) is 6.58. The van der Waals surface area contributed by atoms with E-state index in [-0.39, 0.29) is 23.0 Å². The quantitative estimate of drug-likeness (QED) is 0.479. The molecule has 0 saturated heterocycles. The van der Waals surface area contributed by atoms with Gasteiger partial charge in [0.15, 0.2) is 11.6 Å². The molecule has 0 saturated carbocycles. The van der Waals surface area contributed by atoms with Crippen molar-refractivity contribution < 1.29 is 24.3 Å². The number of anilines is 1. The molecule has 1 aromatic heterocycles. The molecule has 0 unspecified atom stereocenters. The first-order valence-corrected chi connectivity index (χ1v) is 10.3. The van der Waals surface area contributed by atoms with Crippen molar-refractivity contribution in [2.24, 2.45) is 5.92 Å². The normalized spacial score (nSPS) is 11.1. The van der Waals surface area contributed by atoms with Gasteiger partial charge in [-0.05, 0) is 30.5 Å². The second-order valence-corrected chi connectivity index (χ2v) is 7.75. The molecule has 0 aliphatic heterocycles. The zero-order valence-electron chi connectivity index (χ0n) is 19.0. The average Bonchev–Trinajstić information content (AvgIpc) is 2.74. The second kappa shape index (κ2) is 10.3. The molecule has 0 radical (unpaired) electrons. The molecule has 1 aromatic carbocycles. The number of ether oxygens (including phenoxy) is 1. The number of unbranched alkanes of at least 4 members (excludes halogenated alkanes) is 1. The van der Waals surface area contributed by atoms with Gasteiger partial charge in [-0.15, -0.1) is 0 Å². The maximum Gasteiger partial charge on any atom is 0.412 e. The highest BCUT2D eigenvalue weighted by molar-refractivity contribution is 6.02. The van der Waals surface area contributed by atoms with E-state index in [1.54, 1.807) is 18.2 Å². The van der Waals surface area contributed by atoms with Crippen LogP contribution in [0.25, 0.3) is 10.8 Å². The van der Waals surface area contributed by atoms with Crippen LogP contribution in [0, 0.1) is 5.92 Å². The van der Waals surface area contributed by atoms with Crippen molar-refractivity contribution in [3.05, 3.63) is 34.1 Å². The van der Waals surface area contributed by atoms with Gasteiger partial charge in [0, 0.05) is 31.6 Å². The Kier molecular flexibility index (Phi) is 8.04. The lowest BCUT2D eigenvalue weighted by molar-refractivity contribution is -0.0756. The Labute approximate surface area is 181 Å². The number of pyridine rings is 1. The van der Waals surface area contributed by atoms with Crippen LogP contribution in [0.15, 0.2) is 23.0 Å². The predicted molar refractivity (Wildman–Crippen MR) is 119 cm³/mol. The molecule has 170 valence electrons. The Bertz CT molecular complexity index is 1010. The molecular formula is C22H31N3O6. The van der Waals surface area contributed by atoms with Crippen LogP contribution in [-0.2, 0) is 11.4 Å². The van der Waals surface area contributed by atoms with Gasteiger partial charge >= 0.3 is 6.09 Å². The van der Waals surface area contributed by atoms with E-state index in [9.17, 15) is 19.5 Å². The first-order chi connectivity index (χ1) is 14.6. The number of aromatic nitrogens is 1. The summed E-state index contributed by atoms with van der Waals surface area (Å²) in [7, 11) is 4.23. The maximum absolute atomic E-state index is 13.3. The fourth-order valence-electron chi connectivity index (χ4n) is 3.22. The molecule has 9 heteroatoms. The Morgan fingerprint density at radius 2 is 1.87 bits per heavy atom. The van der Waals surface area contributed by atoms with E-state index in [4.69, 9.17) is 9.57 Å². The highest BCUT2D eigenvalue weighted by atomic mass is 16.7. The van der Waals surface area contributed by atoms with Crippen molar-refractivity contribution in [3.8, 4) is 5.75 Å². The van der Waals surface area contributed by atoms with Crippen LogP contribution in [0.1, 0.15) is 44.0 Å². The van der Waals surface area contributed by atoms with Crippen LogP contribution in [0.3, 0.4) is 0 Å². The number of hydrogen-bond donors (Lipinski definition) is 1. The second-order valence-electron chi connectivity index (χ2n) is 7.75. The lowest BCUT2D eigenvalue weighted by Crippen LogP contribution is -2.34. The number of carbonyl (C=O) groups excluding carboxylic acids is 1. The van der Waals surface area contributed by atoms with Crippen LogP contribution < -0.4 is 15.2 Å². The molecule has 0 atom stereocenters. The van der Waals surface area contributed by atoms with Gasteiger partial charge in [-0.1, -0.05) is 27.2 Å². The summed E-state index contributed by atoms with van der Waals surface area (Å²) < 4.78 is 7.48. The van der Waals surface area contributed by atoms with Crippen LogP contribution >= 0.6 is 0 Å². The molecule has 0 spiro atoms. The Morgan fingerprint density at radius 3 is 2.42 bits per heavy atom. The molecule has 1 N–H and O–H groups in total. The van der Waals surface area contributed by atoms with E-state index < -0.39 is 12.0 Å². The number of fused-ring (bicyclic) bond motifs is 1. The van der Waals surface area contributed by atoms with Crippen molar-refractivity contribution in [1.29, 1.82) is 0 Å². The van der Waals surface area contributed by atoms with Gasteiger partial charge in [-0.2, -0.15) is 0 Å². The molecule has 2 aromatic rings. The third kappa shape index (κ3) is 5.16. The highest BCUT2D eigenvalue weighted by Crippen LogP contribution is 2.35. The summed E-state index contributed by atoms with van der Waals surface area (Å²) in [5.74, 6) is 0.113. The molecule has 1 heterocycles. The number of hydrogen-bond acceptors (Lipinski definition) is 5. The molecule has 31 heavy (non-hydrogen) atoms. The number of amides is 2. The van der Waals surface area contributed by atoms with Crippen molar-refractivity contribution in [2.75, 3.05) is 32.7 Å². The summed E-state index contributed by atoms with van der Waals surface area (Å²) in [4.78, 5) is 43.7. The smallest absolute Gasteiger partial charge is 0.412 e. The van der Waals surface area contributed by atoms with Crippen LogP contribution in [0.2, 0.25) is 0 Å². The lowest BCUT2D eigenvalue weighted by atomic mass is 10.1. The third-order valence-electron chi connectivity index (χ3n) is 4.90. The number of carbonyl (C=O) groups is 2. The molecule has 2 amide bonds. The van der Waals surface area contributed by atoms with Gasteiger partial charge < -0.3 is 9.84 Å². The van der Waals surface area contributed by atoms with Crippen LogP contribution in [0.4, 0.5) is 10.6 Å². The van der Waals surface area contributed by atoms with Crippen LogP contribution in [-0.4, -0.2) is 54.5 Å². The largest absolute Gasteiger partial charge is 0.489 e. The SMILES string of the molecule is CCCCOc1c(N(C)C(=O)O)n(CC(C)C)c(=O)c2ccc(C(=O)N(C)OC)cc12. The summed E-state index contributed by atoms with van der Waals surface area (Å²) in [6, 6.07) is 4.68. The number of hydroxylamine groups is 2. The molecule has 0 aliphatic rings. The number of rotatable bonds is 9. The summed E-state index contributed by atoms with van der Waals surface area (Å²) in [5, 5.41) is 11.5. The molecule has 0 fully saturated rings. The van der Waals surface area contributed by atoms with Gasteiger partial charge in [-0.25, -0.2) is 9.86 Å². The van der Waals surface area contributed by atoms with Gasteiger partial charge in [0.1, 0.15) is 0 Å². The van der Waals surface area contributed by atoms with E-state index in [0.717, 1.165) is 22.8 Å². The number of benzene rings is 1. The average molecular weight is 434 g/mol. The first kappa shape index (κ1) is 24.2. The molecule has 0 bridgehead atoms. The predicted octanol–water partition coefficient (Wildman–Crippen LogP) is 3.58. The fraction of sp³-hybridized carbons (Fsp3) is 0.500. The van der Waals surface area contributed by atoms with Gasteiger partial charge in [0.25, 0.3) is 11.5 Å². The van der Waals surface area contributed by atoms with Crippen molar-refractivity contribution in [2.45, 2.75) is 40.2 Å². The monoisotopic (exact) mass is 433 g/mol. The van der Waals surface area contributed by atoms with Gasteiger partial charge in [-0.3, -0.25) is 23.9 Å². The number of carboxylic acid groups (broad SMARTS) is 1. The molecule has 9 nitrogen and oxygen atoms in total. The highest BCUT2D eigenvalue weighted by Gasteiger charge is 2.26. The third-order valence-corrected chi connectivity index (χ3v) is 4.90. The summed E-state index contributed by atoms with van der Waals surface area (Å²) >= 11 is 0. The van der Waals surface area contributed by atoms with Crippen molar-refractivity contribution in [3.63, 3.8) is 0 Å². The lowest BCUT2D eigenvalue weighted by Gasteiger charge is -2.25. The van der Waals surface area contributed by atoms with Crippen molar-refractivity contribution >= 4 is 28.6 Å². The summed E-state index contributed by atoms with van der Waals surface area (Å²) in [5.41, 5.74) is -0.0455. The van der Waals surface area contributed by atoms with E-state index >= 15 is 0 Å². The Balaban J connectivity index is 2.90. The van der Waals surface area contributed by atoms with E-state index in [1.807, 2.05) is 20.8 Å². The molecule has 2 rings (SSSR count). The minimum absolute atomic E-state index is 0.0933. The van der Waals surface area contributed by atoms with Gasteiger partial charge in [0.05, 0.1) is 19.1 Å². The topological polar surface area (TPSA) is 101 Å².